The Morgan fingerprint density at radius 3 is 2.83 bits per heavy atom. The molecule has 0 saturated carbocycles. The molecule has 0 spiro atoms. The summed E-state index contributed by atoms with van der Waals surface area (Å²) in [6, 6.07) is 10.3. The van der Waals surface area contributed by atoms with Crippen LogP contribution in [-0.2, 0) is 4.43 Å². The van der Waals surface area contributed by atoms with Crippen molar-refractivity contribution in [3.8, 4) is 0 Å². The fourth-order valence-electron chi connectivity index (χ4n) is 1.27. The molecule has 2 rings (SSSR count). The van der Waals surface area contributed by atoms with Crippen LogP contribution in [0, 0.1) is 0 Å². The van der Waals surface area contributed by atoms with Gasteiger partial charge in [-0.3, -0.25) is 4.98 Å². The molecule has 0 aliphatic heterocycles. The van der Waals surface area contributed by atoms with E-state index in [1.165, 1.54) is 10.9 Å². The predicted molar refractivity (Wildman–Crippen MR) is 59.5 cm³/mol. The number of aromatic nitrogens is 1. The summed E-state index contributed by atoms with van der Waals surface area (Å²) < 4.78 is 1.04. The molecule has 0 aliphatic rings. The summed E-state index contributed by atoms with van der Waals surface area (Å²) in [5, 5.41) is 1.27. The molecule has 0 N–H and O–H groups in total. The zero-order valence-electron chi connectivity index (χ0n) is 6.50. The zero-order valence-corrected chi connectivity index (χ0v) is 8.65. The molecule has 0 radical (unpaired) electrons. The van der Waals surface area contributed by atoms with E-state index in [-0.39, 0.29) is 0 Å². The van der Waals surface area contributed by atoms with Gasteiger partial charge in [-0.1, -0.05) is 40.8 Å². The topological polar surface area (TPSA) is 12.9 Å². The van der Waals surface area contributed by atoms with Gasteiger partial charge in [0.1, 0.15) is 0 Å². The molecule has 0 unspecified atom stereocenters. The number of hydrogen-bond acceptors (Lipinski definition) is 1. The predicted octanol–water partition coefficient (Wildman–Crippen LogP) is 3.17. The Bertz CT molecular complexity index is 392. The van der Waals surface area contributed by atoms with Crippen molar-refractivity contribution in [2.24, 2.45) is 0 Å². The van der Waals surface area contributed by atoms with E-state index < -0.39 is 0 Å². The monoisotopic (exact) mass is 269 g/mol. The third-order valence-corrected chi connectivity index (χ3v) is 2.71. The molecule has 0 amide bonds. The van der Waals surface area contributed by atoms with Crippen LogP contribution in [0.1, 0.15) is 5.56 Å². The van der Waals surface area contributed by atoms with E-state index in [4.69, 9.17) is 0 Å². The van der Waals surface area contributed by atoms with E-state index in [0.29, 0.717) is 0 Å². The normalized spacial score (nSPS) is 10.4. The highest BCUT2D eigenvalue weighted by molar-refractivity contribution is 14.1. The molecule has 60 valence electrons. The third-order valence-electron chi connectivity index (χ3n) is 1.88. The van der Waals surface area contributed by atoms with Crippen LogP contribution in [-0.4, -0.2) is 4.98 Å². The minimum absolute atomic E-state index is 1.04. The lowest BCUT2D eigenvalue weighted by Crippen LogP contribution is -1.83. The number of hydrogen-bond donors (Lipinski definition) is 0. The first kappa shape index (κ1) is 7.98. The van der Waals surface area contributed by atoms with Crippen LogP contribution in [0.4, 0.5) is 0 Å². The Morgan fingerprint density at radius 2 is 2.00 bits per heavy atom. The first-order valence-electron chi connectivity index (χ1n) is 3.80. The zero-order chi connectivity index (χ0) is 8.39. The van der Waals surface area contributed by atoms with Crippen LogP contribution < -0.4 is 0 Å². The van der Waals surface area contributed by atoms with E-state index in [0.717, 1.165) is 9.94 Å². The maximum Gasteiger partial charge on any atom is 0.0704 e. The molecule has 0 aliphatic carbocycles. The van der Waals surface area contributed by atoms with Gasteiger partial charge in [0, 0.05) is 16.0 Å². The standard InChI is InChI=1S/C10H8IN/c11-7-8-5-6-12-10-4-2-1-3-9(8)10/h1-6H,7H2. The SMILES string of the molecule is ICc1ccnc2ccccc12. The molecule has 12 heavy (non-hydrogen) atoms. The number of fused-ring (bicyclic) bond motifs is 1. The van der Waals surface area contributed by atoms with E-state index in [2.05, 4.69) is 45.8 Å². The number of halogens is 1. The van der Waals surface area contributed by atoms with Gasteiger partial charge in [0.2, 0.25) is 0 Å². The Kier molecular flexibility index (Phi) is 2.26. The van der Waals surface area contributed by atoms with Gasteiger partial charge >= 0.3 is 0 Å². The molecule has 0 saturated heterocycles. The average Bonchev–Trinajstić information content (AvgIpc) is 2.17. The highest BCUT2D eigenvalue weighted by Gasteiger charge is 1.97. The smallest absolute Gasteiger partial charge is 0.0704 e. The summed E-state index contributed by atoms with van der Waals surface area (Å²) >= 11 is 2.37. The van der Waals surface area contributed by atoms with Gasteiger partial charge in [0.25, 0.3) is 0 Å². The second-order valence-electron chi connectivity index (χ2n) is 2.62. The second kappa shape index (κ2) is 3.39. The van der Waals surface area contributed by atoms with Gasteiger partial charge in [-0.2, -0.15) is 0 Å². The number of benzene rings is 1. The first-order valence-corrected chi connectivity index (χ1v) is 5.33. The average molecular weight is 269 g/mol. The van der Waals surface area contributed by atoms with E-state index in [1.54, 1.807) is 0 Å². The van der Waals surface area contributed by atoms with Crippen LogP contribution in [0.15, 0.2) is 36.5 Å². The van der Waals surface area contributed by atoms with Crippen molar-refractivity contribution in [3.63, 3.8) is 0 Å². The van der Waals surface area contributed by atoms with Gasteiger partial charge in [0.15, 0.2) is 0 Å². The Labute approximate surface area is 85.0 Å². The molecule has 0 atom stereocenters. The molecule has 1 aromatic heterocycles. The molecule has 1 nitrogen and oxygen atoms in total. The summed E-state index contributed by atoms with van der Waals surface area (Å²) in [4.78, 5) is 4.29. The Morgan fingerprint density at radius 1 is 1.17 bits per heavy atom. The quantitative estimate of drug-likeness (QED) is 0.572. The Hall–Kier alpha value is -0.640. The van der Waals surface area contributed by atoms with Crippen molar-refractivity contribution >= 4 is 33.5 Å². The number of rotatable bonds is 1. The van der Waals surface area contributed by atoms with Gasteiger partial charge < -0.3 is 0 Å². The molecular formula is C10H8IN. The number of nitrogens with zero attached hydrogens (tertiary/aromatic N) is 1. The highest BCUT2D eigenvalue weighted by Crippen LogP contribution is 2.18. The lowest BCUT2D eigenvalue weighted by Gasteiger charge is -2.00. The van der Waals surface area contributed by atoms with Crippen LogP contribution in [0.2, 0.25) is 0 Å². The van der Waals surface area contributed by atoms with E-state index in [1.807, 2.05) is 18.3 Å². The van der Waals surface area contributed by atoms with E-state index in [9.17, 15) is 0 Å². The Balaban J connectivity index is 2.79. The number of pyridine rings is 1. The van der Waals surface area contributed by atoms with Crippen LogP contribution in [0.5, 0.6) is 0 Å². The van der Waals surface area contributed by atoms with Crippen LogP contribution in [0.3, 0.4) is 0 Å². The van der Waals surface area contributed by atoms with Crippen molar-refractivity contribution in [1.29, 1.82) is 0 Å². The van der Waals surface area contributed by atoms with Crippen LogP contribution in [0.25, 0.3) is 10.9 Å². The molecule has 2 heteroatoms. The molecular weight excluding hydrogens is 261 g/mol. The summed E-state index contributed by atoms with van der Waals surface area (Å²) in [5.41, 5.74) is 2.45. The van der Waals surface area contributed by atoms with E-state index >= 15 is 0 Å². The molecule has 1 heterocycles. The second-order valence-corrected chi connectivity index (χ2v) is 3.38. The summed E-state index contributed by atoms with van der Waals surface area (Å²) in [7, 11) is 0. The molecule has 2 aromatic rings. The van der Waals surface area contributed by atoms with Crippen LogP contribution >= 0.6 is 22.6 Å². The fraction of sp³-hybridized carbons (Fsp3) is 0.100. The lowest BCUT2D eigenvalue weighted by molar-refractivity contribution is 1.36. The minimum atomic E-state index is 1.04. The lowest BCUT2D eigenvalue weighted by atomic mass is 10.1. The van der Waals surface area contributed by atoms with Crippen molar-refractivity contribution in [2.45, 2.75) is 4.43 Å². The summed E-state index contributed by atoms with van der Waals surface area (Å²) in [6.45, 7) is 0. The summed E-state index contributed by atoms with van der Waals surface area (Å²) in [5.74, 6) is 0. The van der Waals surface area contributed by atoms with Crippen molar-refractivity contribution in [3.05, 3.63) is 42.1 Å². The van der Waals surface area contributed by atoms with Gasteiger partial charge in [-0.25, -0.2) is 0 Å². The van der Waals surface area contributed by atoms with Gasteiger partial charge in [-0.05, 0) is 17.7 Å². The largest absolute Gasteiger partial charge is 0.256 e. The molecule has 0 fully saturated rings. The molecule has 0 bridgehead atoms. The fourth-order valence-corrected chi connectivity index (χ4v) is 1.94. The maximum absolute atomic E-state index is 4.29. The van der Waals surface area contributed by atoms with Gasteiger partial charge in [0.05, 0.1) is 5.52 Å². The highest BCUT2D eigenvalue weighted by atomic mass is 127. The first-order chi connectivity index (χ1) is 5.92. The molecule has 1 aromatic carbocycles. The number of para-hydroxylation sites is 1. The third kappa shape index (κ3) is 1.31. The van der Waals surface area contributed by atoms with Crippen molar-refractivity contribution in [2.75, 3.05) is 0 Å². The number of alkyl halides is 1. The minimum Gasteiger partial charge on any atom is -0.256 e. The van der Waals surface area contributed by atoms with Crippen molar-refractivity contribution < 1.29 is 0 Å². The maximum atomic E-state index is 4.29. The van der Waals surface area contributed by atoms with Crippen molar-refractivity contribution in [1.82, 2.24) is 4.98 Å². The summed E-state index contributed by atoms with van der Waals surface area (Å²) in [6.07, 6.45) is 1.87. The van der Waals surface area contributed by atoms with Gasteiger partial charge in [-0.15, -0.1) is 0 Å².